The Morgan fingerprint density at radius 1 is 1.53 bits per heavy atom. The van der Waals surface area contributed by atoms with Crippen LogP contribution < -0.4 is 10.5 Å². The fraction of sp³-hybridized carbons (Fsp3) is 0.455. The third-order valence-electron chi connectivity index (χ3n) is 2.23. The Morgan fingerprint density at radius 3 is 2.74 bits per heavy atom. The molecular formula is C11H16BrFN2O3S. The van der Waals surface area contributed by atoms with Crippen molar-refractivity contribution in [2.45, 2.75) is 24.8 Å². The van der Waals surface area contributed by atoms with Gasteiger partial charge in [0.2, 0.25) is 10.0 Å². The molecule has 0 spiro atoms. The van der Waals surface area contributed by atoms with Crippen LogP contribution in [0.25, 0.3) is 0 Å². The van der Waals surface area contributed by atoms with Gasteiger partial charge in [-0.05, 0) is 41.9 Å². The van der Waals surface area contributed by atoms with Crippen molar-refractivity contribution in [2.75, 3.05) is 18.9 Å². The molecule has 1 unspecified atom stereocenters. The number of ether oxygens (including phenoxy) is 1. The van der Waals surface area contributed by atoms with Crippen LogP contribution in [0.3, 0.4) is 0 Å². The van der Waals surface area contributed by atoms with Crippen molar-refractivity contribution in [3.8, 4) is 0 Å². The van der Waals surface area contributed by atoms with Crippen LogP contribution in [0.5, 0.6) is 0 Å². The molecule has 19 heavy (non-hydrogen) atoms. The number of hydrogen-bond donors (Lipinski definition) is 2. The van der Waals surface area contributed by atoms with Crippen LogP contribution in [0, 0.1) is 5.82 Å². The molecule has 0 saturated carbocycles. The van der Waals surface area contributed by atoms with Gasteiger partial charge in [-0.15, -0.1) is 0 Å². The Labute approximate surface area is 120 Å². The van der Waals surface area contributed by atoms with Gasteiger partial charge in [-0.25, -0.2) is 17.5 Å². The molecule has 1 aromatic rings. The van der Waals surface area contributed by atoms with Crippen LogP contribution in [0.1, 0.15) is 13.8 Å². The molecule has 1 atom stereocenters. The standard InChI is InChI=1S/C11H16BrFN2O3S/c1-3-18-6-7(2)15-19(16,17)10-5-8(14)4-9(12)11(10)13/h4-5,7,15H,3,6,14H2,1-2H3. The van der Waals surface area contributed by atoms with Crippen molar-refractivity contribution in [2.24, 2.45) is 0 Å². The average molecular weight is 355 g/mol. The number of nitrogen functional groups attached to an aromatic ring is 1. The first-order valence-electron chi connectivity index (χ1n) is 5.62. The van der Waals surface area contributed by atoms with Crippen LogP contribution in [-0.4, -0.2) is 27.7 Å². The Bertz CT molecular complexity index is 551. The third-order valence-corrected chi connectivity index (χ3v) is 4.40. The molecule has 0 fully saturated rings. The van der Waals surface area contributed by atoms with Crippen molar-refractivity contribution in [3.05, 3.63) is 22.4 Å². The molecule has 8 heteroatoms. The molecule has 1 aromatic carbocycles. The van der Waals surface area contributed by atoms with E-state index in [1.807, 2.05) is 0 Å². The van der Waals surface area contributed by atoms with Gasteiger partial charge in [0, 0.05) is 18.3 Å². The molecule has 0 aromatic heterocycles. The normalized spacial score (nSPS) is 13.5. The molecule has 0 radical (unpaired) electrons. The van der Waals surface area contributed by atoms with Gasteiger partial charge in [-0.1, -0.05) is 0 Å². The minimum absolute atomic E-state index is 0.00494. The number of benzene rings is 1. The third kappa shape index (κ3) is 4.41. The van der Waals surface area contributed by atoms with E-state index in [1.165, 1.54) is 6.07 Å². The van der Waals surface area contributed by atoms with Crippen molar-refractivity contribution in [1.29, 1.82) is 0 Å². The van der Waals surface area contributed by atoms with Crippen LogP contribution >= 0.6 is 15.9 Å². The molecule has 0 bridgehead atoms. The maximum absolute atomic E-state index is 13.8. The number of nitrogens with one attached hydrogen (secondary N) is 1. The van der Waals surface area contributed by atoms with E-state index in [0.29, 0.717) is 6.61 Å². The largest absolute Gasteiger partial charge is 0.399 e. The second kappa shape index (κ2) is 6.65. The van der Waals surface area contributed by atoms with Crippen molar-refractivity contribution >= 4 is 31.6 Å². The van der Waals surface area contributed by atoms with E-state index in [9.17, 15) is 12.8 Å². The topological polar surface area (TPSA) is 81.4 Å². The minimum atomic E-state index is -3.98. The first-order chi connectivity index (χ1) is 8.77. The van der Waals surface area contributed by atoms with E-state index in [1.54, 1.807) is 13.8 Å². The number of nitrogens with two attached hydrogens (primary N) is 1. The fourth-order valence-electron chi connectivity index (χ4n) is 1.44. The van der Waals surface area contributed by atoms with Crippen LogP contribution in [-0.2, 0) is 14.8 Å². The molecular weight excluding hydrogens is 339 g/mol. The quantitative estimate of drug-likeness (QED) is 0.764. The average Bonchev–Trinajstić information content (AvgIpc) is 2.30. The van der Waals surface area contributed by atoms with E-state index >= 15 is 0 Å². The molecule has 1 rings (SSSR count). The van der Waals surface area contributed by atoms with Crippen molar-refractivity contribution in [1.82, 2.24) is 4.72 Å². The summed E-state index contributed by atoms with van der Waals surface area (Å²) in [7, 11) is -3.98. The summed E-state index contributed by atoms with van der Waals surface area (Å²) >= 11 is 2.93. The van der Waals surface area contributed by atoms with E-state index < -0.39 is 26.8 Å². The molecule has 5 nitrogen and oxygen atoms in total. The summed E-state index contributed by atoms with van der Waals surface area (Å²) in [4.78, 5) is -0.484. The molecule has 108 valence electrons. The van der Waals surface area contributed by atoms with Gasteiger partial charge in [-0.2, -0.15) is 0 Å². The predicted molar refractivity (Wildman–Crippen MR) is 74.8 cm³/mol. The lowest BCUT2D eigenvalue weighted by molar-refractivity contribution is 0.133. The first-order valence-corrected chi connectivity index (χ1v) is 7.90. The lowest BCUT2D eigenvalue weighted by atomic mass is 10.3. The number of halogens is 2. The van der Waals surface area contributed by atoms with Gasteiger partial charge in [0.05, 0.1) is 11.1 Å². The molecule has 0 aliphatic carbocycles. The zero-order chi connectivity index (χ0) is 14.6. The van der Waals surface area contributed by atoms with Crippen LogP contribution in [0.15, 0.2) is 21.5 Å². The molecule has 0 heterocycles. The number of anilines is 1. The molecule has 0 saturated heterocycles. The zero-order valence-electron chi connectivity index (χ0n) is 10.6. The summed E-state index contributed by atoms with van der Waals surface area (Å²) in [5.74, 6) is -0.870. The zero-order valence-corrected chi connectivity index (χ0v) is 13.0. The Hall–Kier alpha value is -0.700. The molecule has 3 N–H and O–H groups in total. The van der Waals surface area contributed by atoms with E-state index in [2.05, 4.69) is 20.7 Å². The smallest absolute Gasteiger partial charge is 0.243 e. The molecule has 0 aliphatic heterocycles. The van der Waals surface area contributed by atoms with Crippen LogP contribution in [0.4, 0.5) is 10.1 Å². The van der Waals surface area contributed by atoms with Gasteiger partial charge >= 0.3 is 0 Å². The Morgan fingerprint density at radius 2 is 2.16 bits per heavy atom. The monoisotopic (exact) mass is 354 g/mol. The van der Waals surface area contributed by atoms with Gasteiger partial charge in [0.1, 0.15) is 4.90 Å². The van der Waals surface area contributed by atoms with E-state index in [-0.39, 0.29) is 16.8 Å². The van der Waals surface area contributed by atoms with Gasteiger partial charge in [0.25, 0.3) is 0 Å². The highest BCUT2D eigenvalue weighted by molar-refractivity contribution is 9.10. The van der Waals surface area contributed by atoms with Crippen molar-refractivity contribution in [3.63, 3.8) is 0 Å². The van der Waals surface area contributed by atoms with Crippen molar-refractivity contribution < 1.29 is 17.5 Å². The lowest BCUT2D eigenvalue weighted by Crippen LogP contribution is -2.36. The SMILES string of the molecule is CCOCC(C)NS(=O)(=O)c1cc(N)cc(Br)c1F. The lowest BCUT2D eigenvalue weighted by Gasteiger charge is -2.15. The summed E-state index contributed by atoms with van der Waals surface area (Å²) in [6, 6.07) is 1.91. The minimum Gasteiger partial charge on any atom is -0.399 e. The summed E-state index contributed by atoms with van der Waals surface area (Å²) in [5, 5.41) is 0. The summed E-state index contributed by atoms with van der Waals surface area (Å²) in [6.07, 6.45) is 0. The number of hydrogen-bond acceptors (Lipinski definition) is 4. The summed E-state index contributed by atoms with van der Waals surface area (Å²) in [5.41, 5.74) is 5.68. The highest BCUT2D eigenvalue weighted by Crippen LogP contribution is 2.26. The summed E-state index contributed by atoms with van der Waals surface area (Å²) in [6.45, 7) is 4.12. The summed E-state index contributed by atoms with van der Waals surface area (Å²) < 4.78 is 45.4. The van der Waals surface area contributed by atoms with Crippen LogP contribution in [0.2, 0.25) is 0 Å². The highest BCUT2D eigenvalue weighted by atomic mass is 79.9. The first kappa shape index (κ1) is 16.4. The number of sulfonamides is 1. The second-order valence-corrected chi connectivity index (χ2v) is 6.53. The van der Waals surface area contributed by atoms with Gasteiger partial charge < -0.3 is 10.5 Å². The fourth-order valence-corrected chi connectivity index (χ4v) is 3.41. The Kier molecular flexibility index (Phi) is 5.72. The van der Waals surface area contributed by atoms with E-state index in [4.69, 9.17) is 10.5 Å². The number of rotatable bonds is 6. The highest BCUT2D eigenvalue weighted by Gasteiger charge is 2.23. The van der Waals surface area contributed by atoms with Gasteiger partial charge in [0.15, 0.2) is 5.82 Å². The molecule has 0 amide bonds. The maximum atomic E-state index is 13.8. The molecule has 0 aliphatic rings. The second-order valence-electron chi connectivity index (χ2n) is 4.00. The predicted octanol–water partition coefficient (Wildman–Crippen LogP) is 1.87. The van der Waals surface area contributed by atoms with E-state index in [0.717, 1.165) is 6.07 Å². The Balaban J connectivity index is 3.01. The van der Waals surface area contributed by atoms with Gasteiger partial charge in [-0.3, -0.25) is 0 Å². The maximum Gasteiger partial charge on any atom is 0.243 e.